The number of esters is 1. The predicted octanol–water partition coefficient (Wildman–Crippen LogP) is 1.88. The van der Waals surface area contributed by atoms with Gasteiger partial charge in [0.25, 0.3) is 0 Å². The van der Waals surface area contributed by atoms with Crippen LogP contribution in [0.5, 0.6) is 0 Å². The second-order valence-electron chi connectivity index (χ2n) is 4.12. The first-order chi connectivity index (χ1) is 9.95. The summed E-state index contributed by atoms with van der Waals surface area (Å²) in [4.78, 5) is 22.1. The molecule has 10 heteroatoms. The molecule has 0 aliphatic carbocycles. The SMILES string of the molecule is C/C=C(C=O)\C(OS(=O)(=O)CC(F)(F)F)=C(\C)CC(=O)OC. The lowest BCUT2D eigenvalue weighted by molar-refractivity contribution is -0.139. The topological polar surface area (TPSA) is 86.7 Å². The smallest absolute Gasteiger partial charge is 0.406 e. The monoisotopic (exact) mass is 344 g/mol. The van der Waals surface area contributed by atoms with Crippen molar-refractivity contribution in [1.29, 1.82) is 0 Å². The molecule has 0 fully saturated rings. The Bertz CT molecular complexity index is 586. The van der Waals surface area contributed by atoms with Crippen LogP contribution in [-0.4, -0.2) is 39.7 Å². The fourth-order valence-corrected chi connectivity index (χ4v) is 2.30. The Morgan fingerprint density at radius 2 is 1.82 bits per heavy atom. The molecule has 0 saturated heterocycles. The molecular formula is C12H15F3O6S. The molecule has 6 nitrogen and oxygen atoms in total. The van der Waals surface area contributed by atoms with Crippen molar-refractivity contribution in [2.45, 2.75) is 26.4 Å². The van der Waals surface area contributed by atoms with Crippen LogP contribution in [0.15, 0.2) is 23.0 Å². The van der Waals surface area contributed by atoms with Gasteiger partial charge in [0.2, 0.25) is 0 Å². The number of carbonyl (C=O) groups excluding carboxylic acids is 2. The number of hydrogen-bond donors (Lipinski definition) is 0. The van der Waals surface area contributed by atoms with Gasteiger partial charge < -0.3 is 8.92 Å². The lowest BCUT2D eigenvalue weighted by atomic mass is 10.1. The molecule has 126 valence electrons. The molecule has 0 rings (SSSR count). The van der Waals surface area contributed by atoms with Crippen LogP contribution in [0.4, 0.5) is 13.2 Å². The molecule has 0 aromatic heterocycles. The molecular weight excluding hydrogens is 329 g/mol. The first-order valence-corrected chi connectivity index (χ1v) is 7.40. The summed E-state index contributed by atoms with van der Waals surface area (Å²) in [6.07, 6.45) is -4.10. The molecule has 0 saturated carbocycles. The van der Waals surface area contributed by atoms with Crippen molar-refractivity contribution in [3.8, 4) is 0 Å². The Morgan fingerprint density at radius 3 is 2.18 bits per heavy atom. The van der Waals surface area contributed by atoms with Gasteiger partial charge in [0.1, 0.15) is 0 Å². The van der Waals surface area contributed by atoms with Gasteiger partial charge in [0.05, 0.1) is 19.1 Å². The number of halogens is 3. The van der Waals surface area contributed by atoms with Gasteiger partial charge >= 0.3 is 22.3 Å². The standard InChI is InChI=1S/C12H15F3O6S/c1-4-9(6-16)11(8(2)5-10(17)20-3)21-22(18,19)7-12(13,14)15/h4,6H,5,7H2,1-3H3/b9-4-,11-8+. The van der Waals surface area contributed by atoms with Crippen molar-refractivity contribution in [1.82, 2.24) is 0 Å². The van der Waals surface area contributed by atoms with E-state index in [0.29, 0.717) is 0 Å². The third-order valence-corrected chi connectivity index (χ3v) is 3.38. The average Bonchev–Trinajstić information content (AvgIpc) is 2.35. The summed E-state index contributed by atoms with van der Waals surface area (Å²) in [6.45, 7) is 2.59. The highest BCUT2D eigenvalue weighted by molar-refractivity contribution is 7.86. The van der Waals surface area contributed by atoms with E-state index in [1.807, 2.05) is 0 Å². The highest BCUT2D eigenvalue weighted by Crippen LogP contribution is 2.24. The van der Waals surface area contributed by atoms with Crippen LogP contribution in [-0.2, 0) is 28.6 Å². The number of rotatable bonds is 7. The van der Waals surface area contributed by atoms with Crippen molar-refractivity contribution < 1.29 is 40.1 Å². The lowest BCUT2D eigenvalue weighted by Gasteiger charge is -2.14. The number of methoxy groups -OCH3 is 1. The molecule has 0 aromatic carbocycles. The van der Waals surface area contributed by atoms with Crippen LogP contribution in [0.2, 0.25) is 0 Å². The van der Waals surface area contributed by atoms with Crippen LogP contribution in [0.1, 0.15) is 20.3 Å². The average molecular weight is 344 g/mol. The highest BCUT2D eigenvalue weighted by Gasteiger charge is 2.37. The van der Waals surface area contributed by atoms with E-state index in [9.17, 15) is 31.2 Å². The maximum absolute atomic E-state index is 12.2. The van der Waals surface area contributed by atoms with Crippen LogP contribution >= 0.6 is 0 Å². The van der Waals surface area contributed by atoms with Gasteiger partial charge in [-0.2, -0.15) is 21.6 Å². The molecule has 0 heterocycles. The van der Waals surface area contributed by atoms with Gasteiger partial charge in [-0.05, 0) is 19.4 Å². The van der Waals surface area contributed by atoms with Crippen LogP contribution < -0.4 is 0 Å². The Labute approximate surface area is 125 Å². The van der Waals surface area contributed by atoms with Gasteiger partial charge in [-0.1, -0.05) is 6.08 Å². The third kappa shape index (κ3) is 7.25. The molecule has 0 amide bonds. The highest BCUT2D eigenvalue weighted by atomic mass is 32.2. The number of aldehydes is 1. The van der Waals surface area contributed by atoms with E-state index in [4.69, 9.17) is 0 Å². The third-order valence-electron chi connectivity index (χ3n) is 2.28. The summed E-state index contributed by atoms with van der Waals surface area (Å²) in [6, 6.07) is 0. The van der Waals surface area contributed by atoms with Crippen molar-refractivity contribution in [3.63, 3.8) is 0 Å². The minimum Gasteiger partial charge on any atom is -0.469 e. The Hall–Kier alpha value is -1.84. The molecule has 0 N–H and O–H groups in total. The predicted molar refractivity (Wildman–Crippen MR) is 70.1 cm³/mol. The second kappa shape index (κ2) is 7.97. The summed E-state index contributed by atoms with van der Waals surface area (Å²) in [5.74, 6) is -3.61. The largest absolute Gasteiger partial charge is 0.469 e. The molecule has 0 aliphatic rings. The summed E-state index contributed by atoms with van der Waals surface area (Å²) in [7, 11) is -3.95. The van der Waals surface area contributed by atoms with Gasteiger partial charge in [-0.15, -0.1) is 0 Å². The minimum atomic E-state index is -5.03. The maximum Gasteiger partial charge on any atom is 0.406 e. The lowest BCUT2D eigenvalue weighted by Crippen LogP contribution is -2.25. The first kappa shape index (κ1) is 20.2. The zero-order valence-electron chi connectivity index (χ0n) is 12.1. The van der Waals surface area contributed by atoms with Crippen LogP contribution in [0.25, 0.3) is 0 Å². The van der Waals surface area contributed by atoms with Crippen molar-refractivity contribution in [3.05, 3.63) is 23.0 Å². The van der Waals surface area contributed by atoms with E-state index >= 15 is 0 Å². The molecule has 0 bridgehead atoms. The molecule has 0 atom stereocenters. The van der Waals surface area contributed by atoms with Crippen LogP contribution in [0.3, 0.4) is 0 Å². The van der Waals surface area contributed by atoms with E-state index in [0.717, 1.165) is 13.2 Å². The van der Waals surface area contributed by atoms with E-state index in [1.165, 1.54) is 13.8 Å². The molecule has 0 aliphatic heterocycles. The molecule has 0 aromatic rings. The number of carbonyl (C=O) groups is 2. The minimum absolute atomic E-state index is 0.0576. The fraction of sp³-hybridized carbons (Fsp3) is 0.500. The van der Waals surface area contributed by atoms with Crippen molar-refractivity contribution in [2.75, 3.05) is 12.9 Å². The summed E-state index contributed by atoms with van der Waals surface area (Å²) in [5, 5.41) is 0. The molecule has 0 spiro atoms. The molecule has 22 heavy (non-hydrogen) atoms. The zero-order chi connectivity index (χ0) is 17.6. The van der Waals surface area contributed by atoms with E-state index in [-0.39, 0.29) is 17.4 Å². The fourth-order valence-electron chi connectivity index (χ4n) is 1.34. The number of ether oxygens (including phenoxy) is 1. The number of allylic oxidation sites excluding steroid dienone is 2. The Morgan fingerprint density at radius 1 is 1.27 bits per heavy atom. The van der Waals surface area contributed by atoms with Gasteiger partial charge in [0, 0.05) is 0 Å². The van der Waals surface area contributed by atoms with E-state index < -0.39 is 40.2 Å². The Balaban J connectivity index is 5.68. The van der Waals surface area contributed by atoms with Crippen molar-refractivity contribution in [2.24, 2.45) is 0 Å². The summed E-state index contributed by atoms with van der Waals surface area (Å²) < 4.78 is 68.2. The number of hydrogen-bond acceptors (Lipinski definition) is 6. The van der Waals surface area contributed by atoms with Gasteiger partial charge in [-0.3, -0.25) is 9.59 Å². The number of alkyl halides is 3. The van der Waals surface area contributed by atoms with Gasteiger partial charge in [0.15, 0.2) is 17.8 Å². The summed E-state index contributed by atoms with van der Waals surface area (Å²) >= 11 is 0. The molecule has 0 radical (unpaired) electrons. The van der Waals surface area contributed by atoms with Crippen molar-refractivity contribution >= 4 is 22.4 Å². The maximum atomic E-state index is 12.2. The normalized spacial score (nSPS) is 14.2. The Kier molecular flexibility index (Phi) is 7.30. The second-order valence-corrected chi connectivity index (χ2v) is 5.70. The van der Waals surface area contributed by atoms with Crippen LogP contribution in [0, 0.1) is 0 Å². The zero-order valence-corrected chi connectivity index (χ0v) is 12.9. The molecule has 0 unspecified atom stereocenters. The van der Waals surface area contributed by atoms with E-state index in [2.05, 4.69) is 8.92 Å². The van der Waals surface area contributed by atoms with Gasteiger partial charge in [-0.25, -0.2) is 0 Å². The quantitative estimate of drug-likeness (QED) is 0.175. The first-order valence-electron chi connectivity index (χ1n) is 5.83. The van der Waals surface area contributed by atoms with E-state index in [1.54, 1.807) is 0 Å². The summed E-state index contributed by atoms with van der Waals surface area (Å²) in [5.41, 5.74) is -0.357.